The smallest absolute Gasteiger partial charge is 0.0541 e. The van der Waals surface area contributed by atoms with Crippen molar-refractivity contribution < 1.29 is 0 Å². The summed E-state index contributed by atoms with van der Waals surface area (Å²) < 4.78 is 2.52. The summed E-state index contributed by atoms with van der Waals surface area (Å²) in [5.41, 5.74) is 13.6. The zero-order chi connectivity index (χ0) is 41.7. The highest BCUT2D eigenvalue weighted by atomic mass is 15.1. The lowest BCUT2D eigenvalue weighted by Crippen LogP contribution is -2.15. The summed E-state index contributed by atoms with van der Waals surface area (Å²) in [6, 6.07) is 61.8. The van der Waals surface area contributed by atoms with Crippen molar-refractivity contribution in [3.8, 4) is 16.8 Å². The SMILES string of the molecule is CC(C)(C)c1cc(-c2ccccc2)cc(N(c2ccccc2)c2ccc3ccc4c(-n5c6ccc(C(C)(C)C)cc6c6cc(C(C)(C)C)ccc65)ccc5ccc2c3c54)c1. The van der Waals surface area contributed by atoms with Gasteiger partial charge in [-0.1, -0.05) is 165 Å². The molecule has 0 spiro atoms. The number of aromatic nitrogens is 1. The number of anilines is 3. The summed E-state index contributed by atoms with van der Waals surface area (Å²) in [7, 11) is 0. The molecule has 0 aliphatic heterocycles. The molecule has 296 valence electrons. The molecule has 2 nitrogen and oxygen atoms in total. The first kappa shape index (κ1) is 37.9. The Kier molecular flexibility index (Phi) is 8.57. The van der Waals surface area contributed by atoms with Crippen LogP contribution in [-0.2, 0) is 16.2 Å². The van der Waals surface area contributed by atoms with Crippen molar-refractivity contribution in [2.45, 2.75) is 78.6 Å². The lowest BCUT2D eigenvalue weighted by atomic mass is 9.84. The van der Waals surface area contributed by atoms with Gasteiger partial charge in [0, 0.05) is 32.9 Å². The molecular formula is C58H54N2. The second kappa shape index (κ2) is 13.6. The molecule has 1 aromatic heterocycles. The highest BCUT2D eigenvalue weighted by Gasteiger charge is 2.25. The Bertz CT molecular complexity index is 3160. The molecule has 0 atom stereocenters. The topological polar surface area (TPSA) is 8.17 Å². The van der Waals surface area contributed by atoms with E-state index in [-0.39, 0.29) is 16.2 Å². The Labute approximate surface area is 355 Å². The number of fused-ring (bicyclic) bond motifs is 3. The van der Waals surface area contributed by atoms with E-state index in [1.54, 1.807) is 0 Å². The minimum atomic E-state index is -0.0452. The van der Waals surface area contributed by atoms with Gasteiger partial charge in [0.05, 0.1) is 22.4 Å². The summed E-state index contributed by atoms with van der Waals surface area (Å²) >= 11 is 0. The van der Waals surface area contributed by atoms with E-state index in [0.717, 1.165) is 11.4 Å². The molecule has 1 heterocycles. The van der Waals surface area contributed by atoms with E-state index in [9.17, 15) is 0 Å². The van der Waals surface area contributed by atoms with Crippen LogP contribution in [0.15, 0.2) is 164 Å². The van der Waals surface area contributed by atoms with E-state index in [2.05, 4.69) is 236 Å². The van der Waals surface area contributed by atoms with Crippen LogP contribution in [0.4, 0.5) is 17.1 Å². The largest absolute Gasteiger partial charge is 0.310 e. The molecule has 0 saturated carbocycles. The quantitative estimate of drug-likeness (QED) is 0.158. The lowest BCUT2D eigenvalue weighted by molar-refractivity contribution is 0.590. The second-order valence-electron chi connectivity index (χ2n) is 19.9. The standard InChI is InChI=1S/C58H54N2/c1-56(2,3)41-24-30-52-48(35-41)49-36-42(57(4,5)6)25-31-53(49)60(52)51-29-23-39-20-26-46-50(28-22-38-21-27-47(51)55(39)54(38)46)59(44-18-14-11-15-19-44)45-33-40(37-16-12-10-13-17-37)32-43(34-45)58(7,8)9/h10-36H,1-9H3. The van der Waals surface area contributed by atoms with Crippen LogP contribution in [-0.4, -0.2) is 4.57 Å². The van der Waals surface area contributed by atoms with Crippen LogP contribution in [0.1, 0.15) is 79.0 Å². The molecule has 9 aromatic carbocycles. The van der Waals surface area contributed by atoms with Gasteiger partial charge in [0.25, 0.3) is 0 Å². The van der Waals surface area contributed by atoms with E-state index in [4.69, 9.17) is 0 Å². The molecule has 0 saturated heterocycles. The maximum Gasteiger partial charge on any atom is 0.0541 e. The fraction of sp³-hybridized carbons (Fsp3) is 0.207. The number of hydrogen-bond acceptors (Lipinski definition) is 1. The predicted octanol–water partition coefficient (Wildman–Crippen LogP) is 16.7. The van der Waals surface area contributed by atoms with Crippen LogP contribution in [0.25, 0.3) is 70.9 Å². The van der Waals surface area contributed by atoms with E-state index >= 15 is 0 Å². The van der Waals surface area contributed by atoms with Gasteiger partial charge in [-0.3, -0.25) is 0 Å². The molecule has 0 radical (unpaired) electrons. The molecule has 0 aliphatic rings. The third-order valence-corrected chi connectivity index (χ3v) is 12.8. The van der Waals surface area contributed by atoms with Crippen molar-refractivity contribution in [2.75, 3.05) is 4.90 Å². The Hall–Kier alpha value is -6.38. The van der Waals surface area contributed by atoms with Crippen LogP contribution in [0.5, 0.6) is 0 Å². The summed E-state index contributed by atoms with van der Waals surface area (Å²) in [4.78, 5) is 2.47. The average Bonchev–Trinajstić information content (AvgIpc) is 3.56. The van der Waals surface area contributed by atoms with Crippen molar-refractivity contribution in [1.29, 1.82) is 0 Å². The van der Waals surface area contributed by atoms with Gasteiger partial charge in [-0.05, 0) is 126 Å². The van der Waals surface area contributed by atoms with E-state index in [1.807, 2.05) is 0 Å². The summed E-state index contributed by atoms with van der Waals surface area (Å²) in [6.07, 6.45) is 0. The molecule has 0 N–H and O–H groups in total. The number of nitrogens with zero attached hydrogens (tertiary/aromatic N) is 2. The Morgan fingerprint density at radius 2 is 0.883 bits per heavy atom. The van der Waals surface area contributed by atoms with Gasteiger partial charge in [0.15, 0.2) is 0 Å². The first-order valence-electron chi connectivity index (χ1n) is 21.5. The van der Waals surface area contributed by atoms with Crippen LogP contribution < -0.4 is 4.90 Å². The summed E-state index contributed by atoms with van der Waals surface area (Å²) in [5, 5.41) is 10.2. The van der Waals surface area contributed by atoms with Gasteiger partial charge < -0.3 is 9.47 Å². The third-order valence-electron chi connectivity index (χ3n) is 12.8. The number of hydrogen-bond donors (Lipinski definition) is 0. The Morgan fingerprint density at radius 1 is 0.367 bits per heavy atom. The maximum absolute atomic E-state index is 2.52. The molecule has 10 rings (SSSR count). The minimum Gasteiger partial charge on any atom is -0.310 e. The highest BCUT2D eigenvalue weighted by molar-refractivity contribution is 6.27. The molecule has 10 aromatic rings. The number of rotatable bonds is 5. The van der Waals surface area contributed by atoms with Gasteiger partial charge >= 0.3 is 0 Å². The predicted molar refractivity (Wildman–Crippen MR) is 261 cm³/mol. The molecule has 0 aliphatic carbocycles. The minimum absolute atomic E-state index is 0.0414. The second-order valence-corrected chi connectivity index (χ2v) is 19.9. The van der Waals surface area contributed by atoms with Gasteiger partial charge in [-0.15, -0.1) is 0 Å². The fourth-order valence-corrected chi connectivity index (χ4v) is 9.35. The van der Waals surface area contributed by atoms with Gasteiger partial charge in [0.2, 0.25) is 0 Å². The first-order valence-corrected chi connectivity index (χ1v) is 21.5. The molecule has 0 unspecified atom stereocenters. The van der Waals surface area contributed by atoms with Crippen molar-refractivity contribution in [3.05, 3.63) is 180 Å². The van der Waals surface area contributed by atoms with E-state index < -0.39 is 0 Å². The van der Waals surface area contributed by atoms with Crippen LogP contribution in [0.2, 0.25) is 0 Å². The highest BCUT2D eigenvalue weighted by Crippen LogP contribution is 2.47. The van der Waals surface area contributed by atoms with Crippen LogP contribution in [0, 0.1) is 0 Å². The van der Waals surface area contributed by atoms with E-state index in [0.29, 0.717) is 0 Å². The molecule has 0 fully saturated rings. The fourth-order valence-electron chi connectivity index (χ4n) is 9.35. The van der Waals surface area contributed by atoms with Crippen molar-refractivity contribution >= 4 is 71.2 Å². The Balaban J connectivity index is 1.25. The number of benzene rings is 9. The Morgan fingerprint density at radius 3 is 1.47 bits per heavy atom. The summed E-state index contributed by atoms with van der Waals surface area (Å²) in [5.74, 6) is 0. The van der Waals surface area contributed by atoms with Crippen molar-refractivity contribution in [2.24, 2.45) is 0 Å². The third kappa shape index (κ3) is 6.24. The van der Waals surface area contributed by atoms with Gasteiger partial charge in [0.1, 0.15) is 0 Å². The van der Waals surface area contributed by atoms with Crippen LogP contribution >= 0.6 is 0 Å². The van der Waals surface area contributed by atoms with Gasteiger partial charge in [-0.2, -0.15) is 0 Å². The lowest BCUT2D eigenvalue weighted by Gasteiger charge is -2.30. The zero-order valence-electron chi connectivity index (χ0n) is 36.5. The van der Waals surface area contributed by atoms with E-state index in [1.165, 1.54) is 93.3 Å². The monoisotopic (exact) mass is 778 g/mol. The number of para-hydroxylation sites is 1. The molecular weight excluding hydrogens is 725 g/mol. The molecule has 0 bridgehead atoms. The van der Waals surface area contributed by atoms with Crippen molar-refractivity contribution in [1.82, 2.24) is 4.57 Å². The maximum atomic E-state index is 2.52. The molecule has 2 heteroatoms. The zero-order valence-corrected chi connectivity index (χ0v) is 36.5. The summed E-state index contributed by atoms with van der Waals surface area (Å²) in [6.45, 7) is 20.8. The average molecular weight is 779 g/mol. The normalized spacial score (nSPS) is 12.8. The molecule has 60 heavy (non-hydrogen) atoms. The van der Waals surface area contributed by atoms with Crippen molar-refractivity contribution in [3.63, 3.8) is 0 Å². The van der Waals surface area contributed by atoms with Gasteiger partial charge in [-0.25, -0.2) is 0 Å². The first-order chi connectivity index (χ1) is 28.6. The molecule has 0 amide bonds. The van der Waals surface area contributed by atoms with Crippen LogP contribution in [0.3, 0.4) is 0 Å².